The summed E-state index contributed by atoms with van der Waals surface area (Å²) in [5.74, 6) is -1.26. The summed E-state index contributed by atoms with van der Waals surface area (Å²) in [7, 11) is 0. The summed E-state index contributed by atoms with van der Waals surface area (Å²) >= 11 is 0. The minimum Gasteiger partial charge on any atom is -0.399 e. The van der Waals surface area contributed by atoms with E-state index in [1.165, 1.54) is 6.07 Å². The highest BCUT2D eigenvalue weighted by molar-refractivity contribution is 6.20. The third kappa shape index (κ3) is 2.03. The topological polar surface area (TPSA) is 63.4 Å². The van der Waals surface area contributed by atoms with Gasteiger partial charge in [0.25, 0.3) is 0 Å². The Morgan fingerprint density at radius 1 is 1.11 bits per heavy atom. The van der Waals surface area contributed by atoms with Gasteiger partial charge in [0, 0.05) is 18.5 Å². The molecule has 96 valence electrons. The summed E-state index contributed by atoms with van der Waals surface area (Å²) in [5, 5.41) is 0. The number of anilines is 2. The van der Waals surface area contributed by atoms with Crippen LogP contribution in [0.1, 0.15) is 18.4 Å². The molecule has 2 N–H and O–H groups in total. The van der Waals surface area contributed by atoms with Crippen LogP contribution in [-0.2, 0) is 15.8 Å². The third-order valence-corrected chi connectivity index (χ3v) is 2.62. The molecule has 4 nitrogen and oxygen atoms in total. The van der Waals surface area contributed by atoms with Crippen molar-refractivity contribution in [3.63, 3.8) is 0 Å². The molecule has 1 aliphatic rings. The number of rotatable bonds is 1. The fourth-order valence-electron chi connectivity index (χ4n) is 1.82. The van der Waals surface area contributed by atoms with Crippen molar-refractivity contribution in [2.24, 2.45) is 0 Å². The molecular weight excluding hydrogens is 249 g/mol. The molecule has 2 rings (SSSR count). The Morgan fingerprint density at radius 3 is 2.17 bits per heavy atom. The lowest BCUT2D eigenvalue weighted by molar-refractivity contribution is -0.137. The smallest absolute Gasteiger partial charge is 0.399 e. The molecule has 0 radical (unpaired) electrons. The molecule has 2 amide bonds. The number of hydrogen-bond donors (Lipinski definition) is 1. The van der Waals surface area contributed by atoms with Crippen molar-refractivity contribution >= 4 is 23.2 Å². The van der Waals surface area contributed by atoms with Crippen LogP contribution in [0.25, 0.3) is 0 Å². The van der Waals surface area contributed by atoms with E-state index < -0.39 is 29.2 Å². The number of halogens is 3. The number of benzene rings is 1. The highest BCUT2D eigenvalue weighted by atomic mass is 19.4. The fraction of sp³-hybridized carbons (Fsp3) is 0.273. The average molecular weight is 258 g/mol. The van der Waals surface area contributed by atoms with Crippen LogP contribution in [-0.4, -0.2) is 11.8 Å². The van der Waals surface area contributed by atoms with Gasteiger partial charge < -0.3 is 5.73 Å². The van der Waals surface area contributed by atoms with Gasteiger partial charge >= 0.3 is 6.18 Å². The van der Waals surface area contributed by atoms with Crippen molar-refractivity contribution < 1.29 is 22.8 Å². The van der Waals surface area contributed by atoms with Gasteiger partial charge in [-0.1, -0.05) is 0 Å². The van der Waals surface area contributed by atoms with Crippen molar-refractivity contribution in [2.75, 3.05) is 10.6 Å². The van der Waals surface area contributed by atoms with Crippen molar-refractivity contribution in [2.45, 2.75) is 19.0 Å². The summed E-state index contributed by atoms with van der Waals surface area (Å²) in [5.41, 5.74) is 3.69. The molecule has 0 unspecified atom stereocenters. The number of nitrogen functional groups attached to an aromatic ring is 1. The van der Waals surface area contributed by atoms with E-state index in [1.54, 1.807) is 0 Å². The van der Waals surface area contributed by atoms with Crippen LogP contribution < -0.4 is 10.6 Å². The molecule has 1 fully saturated rings. The first-order valence-corrected chi connectivity index (χ1v) is 5.13. The Balaban J connectivity index is 2.57. The molecule has 1 aromatic carbocycles. The molecule has 1 aromatic rings. The number of hydrogen-bond acceptors (Lipinski definition) is 3. The lowest BCUT2D eigenvalue weighted by Crippen LogP contribution is -2.30. The van der Waals surface area contributed by atoms with Gasteiger partial charge in [-0.2, -0.15) is 13.2 Å². The van der Waals surface area contributed by atoms with Crippen molar-refractivity contribution in [1.29, 1.82) is 0 Å². The Labute approximate surface area is 100 Å². The first-order chi connectivity index (χ1) is 8.30. The summed E-state index contributed by atoms with van der Waals surface area (Å²) in [4.78, 5) is 23.5. The fourth-order valence-corrected chi connectivity index (χ4v) is 1.82. The van der Waals surface area contributed by atoms with Gasteiger partial charge in [0.15, 0.2) is 0 Å². The van der Waals surface area contributed by atoms with Gasteiger partial charge in [-0.25, -0.2) is 4.90 Å². The molecule has 0 saturated carbocycles. The number of alkyl halides is 3. The molecule has 0 aromatic heterocycles. The number of amides is 2. The Morgan fingerprint density at radius 2 is 1.67 bits per heavy atom. The lowest BCUT2D eigenvalue weighted by atomic mass is 10.1. The van der Waals surface area contributed by atoms with Gasteiger partial charge in [0.05, 0.1) is 11.3 Å². The van der Waals surface area contributed by atoms with E-state index in [9.17, 15) is 22.8 Å². The second-order valence-corrected chi connectivity index (χ2v) is 3.90. The van der Waals surface area contributed by atoms with Gasteiger partial charge in [-0.3, -0.25) is 9.59 Å². The highest BCUT2D eigenvalue weighted by Crippen LogP contribution is 2.39. The molecule has 1 saturated heterocycles. The van der Waals surface area contributed by atoms with E-state index in [0.29, 0.717) is 11.0 Å². The number of nitrogens with two attached hydrogens (primary N) is 1. The van der Waals surface area contributed by atoms with Crippen LogP contribution in [0.2, 0.25) is 0 Å². The van der Waals surface area contributed by atoms with E-state index in [2.05, 4.69) is 0 Å². The standard InChI is InChI=1S/C11H9F3N2O2/c12-11(13,14)7-5-6(15)1-2-8(7)16-9(17)3-4-10(16)18/h1-2,5H,3-4,15H2. The van der Waals surface area contributed by atoms with Crippen LogP contribution in [0.3, 0.4) is 0 Å². The van der Waals surface area contributed by atoms with Crippen molar-refractivity contribution in [1.82, 2.24) is 0 Å². The lowest BCUT2D eigenvalue weighted by Gasteiger charge is -2.20. The molecular formula is C11H9F3N2O2. The number of imide groups is 1. The summed E-state index contributed by atoms with van der Waals surface area (Å²) in [6.45, 7) is 0. The molecule has 0 bridgehead atoms. The minimum absolute atomic E-state index is 0.0689. The van der Waals surface area contributed by atoms with E-state index >= 15 is 0 Å². The molecule has 7 heteroatoms. The van der Waals surface area contributed by atoms with E-state index in [1.807, 2.05) is 0 Å². The van der Waals surface area contributed by atoms with Crippen molar-refractivity contribution in [3.8, 4) is 0 Å². The summed E-state index contributed by atoms with van der Waals surface area (Å²) < 4.78 is 38.5. The Hall–Kier alpha value is -2.05. The maximum absolute atomic E-state index is 12.8. The Bertz CT molecular complexity index is 510. The second-order valence-electron chi connectivity index (χ2n) is 3.90. The second kappa shape index (κ2) is 4.01. The zero-order chi connectivity index (χ0) is 13.5. The highest BCUT2D eigenvalue weighted by Gasteiger charge is 2.39. The SMILES string of the molecule is Nc1ccc(N2C(=O)CCC2=O)c(C(F)(F)F)c1. The van der Waals surface area contributed by atoms with Crippen LogP contribution in [0.15, 0.2) is 18.2 Å². The van der Waals surface area contributed by atoms with Crippen LogP contribution in [0.4, 0.5) is 24.5 Å². The molecule has 0 spiro atoms. The predicted octanol–water partition coefficient (Wildman–Crippen LogP) is 1.94. The molecule has 0 atom stereocenters. The van der Waals surface area contributed by atoms with Gasteiger partial charge in [-0.05, 0) is 18.2 Å². The largest absolute Gasteiger partial charge is 0.418 e. The quantitative estimate of drug-likeness (QED) is 0.618. The maximum atomic E-state index is 12.8. The molecule has 0 aliphatic carbocycles. The van der Waals surface area contributed by atoms with Crippen molar-refractivity contribution in [3.05, 3.63) is 23.8 Å². The van der Waals surface area contributed by atoms with E-state index in [4.69, 9.17) is 5.73 Å². The van der Waals surface area contributed by atoms with Gasteiger partial charge in [-0.15, -0.1) is 0 Å². The summed E-state index contributed by atoms with van der Waals surface area (Å²) in [6, 6.07) is 2.98. The first kappa shape index (κ1) is 12.4. The average Bonchev–Trinajstić information content (AvgIpc) is 2.58. The van der Waals surface area contributed by atoms with Crippen LogP contribution >= 0.6 is 0 Å². The molecule has 1 aliphatic heterocycles. The van der Waals surface area contributed by atoms with E-state index in [-0.39, 0.29) is 18.5 Å². The normalized spacial score (nSPS) is 16.5. The monoisotopic (exact) mass is 258 g/mol. The van der Waals surface area contributed by atoms with Crippen LogP contribution in [0, 0.1) is 0 Å². The van der Waals surface area contributed by atoms with E-state index in [0.717, 1.165) is 6.07 Å². The Kier molecular flexibility index (Phi) is 2.76. The maximum Gasteiger partial charge on any atom is 0.418 e. The first-order valence-electron chi connectivity index (χ1n) is 5.13. The minimum atomic E-state index is -4.67. The van der Waals surface area contributed by atoms with Gasteiger partial charge in [0.1, 0.15) is 0 Å². The number of nitrogens with zero attached hydrogens (tertiary/aromatic N) is 1. The predicted molar refractivity (Wildman–Crippen MR) is 57.6 cm³/mol. The number of carbonyl (C=O) groups is 2. The molecule has 1 heterocycles. The summed E-state index contributed by atoms with van der Waals surface area (Å²) in [6.07, 6.45) is -4.81. The zero-order valence-electron chi connectivity index (χ0n) is 9.12. The van der Waals surface area contributed by atoms with Crippen LogP contribution in [0.5, 0.6) is 0 Å². The zero-order valence-corrected chi connectivity index (χ0v) is 9.12. The number of carbonyl (C=O) groups excluding carboxylic acids is 2. The molecule has 18 heavy (non-hydrogen) atoms. The van der Waals surface area contributed by atoms with Gasteiger partial charge in [0.2, 0.25) is 11.8 Å². The third-order valence-electron chi connectivity index (χ3n) is 2.62.